The Hall–Kier alpha value is -9.26. The van der Waals surface area contributed by atoms with Crippen molar-refractivity contribution in [1.29, 1.82) is 0 Å². The van der Waals surface area contributed by atoms with Gasteiger partial charge in [0.25, 0.3) is 0 Å². The van der Waals surface area contributed by atoms with Gasteiger partial charge in [-0.1, -0.05) is 158 Å². The first-order chi connectivity index (χ1) is 33.7. The van der Waals surface area contributed by atoms with Gasteiger partial charge in [-0.3, -0.25) is 4.98 Å². The molecule has 4 heterocycles. The third-order valence-corrected chi connectivity index (χ3v) is 12.9. The number of aromatic nitrogens is 5. The summed E-state index contributed by atoms with van der Waals surface area (Å²) in [5.41, 5.74) is 15.7. The number of fused-ring (bicyclic) bond motifs is 6. The fraction of sp³-hybridized carbons (Fsp3) is 0. The summed E-state index contributed by atoms with van der Waals surface area (Å²) in [5, 5.41) is 4.34. The molecule has 68 heavy (non-hydrogen) atoms. The summed E-state index contributed by atoms with van der Waals surface area (Å²) in [4.78, 5) is 21.0. The van der Waals surface area contributed by atoms with E-state index in [4.69, 9.17) is 24.4 Å². The first-order valence-electron chi connectivity index (χ1n) is 22.8. The first-order valence-corrected chi connectivity index (χ1v) is 22.8. The molecule has 318 valence electrons. The Kier molecular flexibility index (Phi) is 9.39. The van der Waals surface area contributed by atoms with E-state index >= 15 is 0 Å². The van der Waals surface area contributed by atoms with Crippen molar-refractivity contribution in [2.45, 2.75) is 0 Å². The van der Waals surface area contributed by atoms with Crippen LogP contribution in [0.4, 0.5) is 0 Å². The van der Waals surface area contributed by atoms with E-state index < -0.39 is 0 Å². The van der Waals surface area contributed by atoms with Crippen molar-refractivity contribution in [3.63, 3.8) is 0 Å². The first kappa shape index (κ1) is 39.1. The Balaban J connectivity index is 1.05. The average molecular weight is 870 g/mol. The second-order valence-corrected chi connectivity index (χ2v) is 17.1. The third kappa shape index (κ3) is 6.91. The molecule has 0 saturated heterocycles. The van der Waals surface area contributed by atoms with Crippen LogP contribution in [0.15, 0.2) is 241 Å². The molecule has 0 radical (unpaired) electrons. The molecule has 0 amide bonds. The largest absolute Gasteiger partial charge is 0.456 e. The molecule has 4 aromatic heterocycles. The number of benzene rings is 9. The lowest BCUT2D eigenvalue weighted by molar-refractivity contribution is 0.669. The van der Waals surface area contributed by atoms with Crippen molar-refractivity contribution in [1.82, 2.24) is 24.5 Å². The summed E-state index contributed by atoms with van der Waals surface area (Å²) in [7, 11) is 0. The molecule has 6 nitrogen and oxygen atoms in total. The Morgan fingerprint density at radius 2 is 0.824 bits per heavy atom. The monoisotopic (exact) mass is 869 g/mol. The summed E-state index contributed by atoms with van der Waals surface area (Å²) in [6.07, 6.45) is 1.98. The van der Waals surface area contributed by atoms with Crippen LogP contribution in [0.5, 0.6) is 0 Å². The zero-order chi connectivity index (χ0) is 45.0. The molecule has 0 aliphatic rings. The van der Waals surface area contributed by atoms with Gasteiger partial charge in [0.2, 0.25) is 0 Å². The molecule has 0 spiro atoms. The molecule has 13 aromatic rings. The average Bonchev–Trinajstić information content (AvgIpc) is 3.95. The molecule has 6 heteroatoms. The maximum Gasteiger partial charge on any atom is 0.166 e. The predicted octanol–water partition coefficient (Wildman–Crippen LogP) is 15.9. The summed E-state index contributed by atoms with van der Waals surface area (Å²) in [5.74, 6) is 1.69. The van der Waals surface area contributed by atoms with E-state index in [1.54, 1.807) is 0 Å². The minimum Gasteiger partial charge on any atom is -0.456 e. The molecule has 0 unspecified atom stereocenters. The summed E-state index contributed by atoms with van der Waals surface area (Å²) in [6.45, 7) is 0. The van der Waals surface area contributed by atoms with Crippen molar-refractivity contribution >= 4 is 43.7 Å². The van der Waals surface area contributed by atoms with Crippen LogP contribution in [0.25, 0.3) is 128 Å². The van der Waals surface area contributed by atoms with E-state index in [9.17, 15) is 0 Å². The molecular formula is C62H39N5O. The van der Waals surface area contributed by atoms with Gasteiger partial charge >= 0.3 is 0 Å². The fourth-order valence-electron chi connectivity index (χ4n) is 9.58. The highest BCUT2D eigenvalue weighted by Crippen LogP contribution is 2.42. The summed E-state index contributed by atoms with van der Waals surface area (Å²) < 4.78 is 9.01. The topological polar surface area (TPSA) is 69.6 Å². The highest BCUT2D eigenvalue weighted by Gasteiger charge is 2.21. The van der Waals surface area contributed by atoms with Crippen LogP contribution < -0.4 is 0 Å². The lowest BCUT2D eigenvalue weighted by atomic mass is 9.92. The maximum atomic E-state index is 6.67. The zero-order valence-electron chi connectivity index (χ0n) is 36.7. The maximum absolute atomic E-state index is 6.67. The van der Waals surface area contributed by atoms with Gasteiger partial charge in [-0.05, 0) is 101 Å². The molecule has 0 atom stereocenters. The molecule has 0 N–H and O–H groups in total. The van der Waals surface area contributed by atoms with Crippen LogP contribution in [0.3, 0.4) is 0 Å². The van der Waals surface area contributed by atoms with Crippen LogP contribution in [0.1, 0.15) is 0 Å². The Morgan fingerprint density at radius 3 is 1.44 bits per heavy atom. The number of rotatable bonds is 8. The van der Waals surface area contributed by atoms with E-state index in [0.717, 1.165) is 105 Å². The second kappa shape index (κ2) is 16.3. The Morgan fingerprint density at radius 1 is 0.309 bits per heavy atom. The normalized spacial score (nSPS) is 11.5. The molecular weight excluding hydrogens is 831 g/mol. The van der Waals surface area contributed by atoms with E-state index in [-0.39, 0.29) is 0 Å². The lowest BCUT2D eigenvalue weighted by Crippen LogP contribution is -2.02. The number of nitrogens with zero attached hydrogens (tertiary/aromatic N) is 5. The predicted molar refractivity (Wildman–Crippen MR) is 277 cm³/mol. The molecule has 0 bridgehead atoms. The van der Waals surface area contributed by atoms with E-state index in [2.05, 4.69) is 174 Å². The molecule has 9 aromatic carbocycles. The molecule has 0 fully saturated rings. The molecule has 0 aliphatic heterocycles. The standard InChI is InChI=1S/C62H39N5O/c1-6-18-40(19-7-1)45-32-46(41-20-8-2-9-21-41)34-47(33-45)48-36-54(62-65-60(42-22-10-3-11-23-42)64-61(66-62)43-24-12-4-13-25-43)59(63-39-48)44-30-31-57-52(35-44)53-37-56-51(38-58(53)68-57)50-28-16-17-29-55(50)67(56)49-26-14-5-15-27-49/h1-39H. The number of furan rings is 1. The van der Waals surface area contributed by atoms with Crippen LogP contribution in [-0.4, -0.2) is 24.5 Å². The van der Waals surface area contributed by atoms with Crippen LogP contribution in [0.2, 0.25) is 0 Å². The van der Waals surface area contributed by atoms with E-state index in [1.165, 1.54) is 5.39 Å². The zero-order valence-corrected chi connectivity index (χ0v) is 36.7. The fourth-order valence-corrected chi connectivity index (χ4v) is 9.58. The van der Waals surface area contributed by atoms with Crippen molar-refractivity contribution in [2.75, 3.05) is 0 Å². The number of para-hydroxylation sites is 2. The van der Waals surface area contributed by atoms with Crippen molar-refractivity contribution in [3.8, 4) is 84.5 Å². The molecule has 0 saturated carbocycles. The van der Waals surface area contributed by atoms with Crippen molar-refractivity contribution in [2.24, 2.45) is 0 Å². The number of hydrogen-bond donors (Lipinski definition) is 0. The summed E-state index contributed by atoms with van der Waals surface area (Å²) in [6, 6.07) is 80.2. The van der Waals surface area contributed by atoms with Crippen LogP contribution >= 0.6 is 0 Å². The van der Waals surface area contributed by atoms with E-state index in [1.807, 2.05) is 66.9 Å². The van der Waals surface area contributed by atoms with E-state index in [0.29, 0.717) is 17.5 Å². The molecule has 13 rings (SSSR count). The minimum atomic E-state index is 0.524. The lowest BCUT2D eigenvalue weighted by Gasteiger charge is -2.15. The van der Waals surface area contributed by atoms with Crippen LogP contribution in [0, 0.1) is 0 Å². The van der Waals surface area contributed by atoms with Gasteiger partial charge in [0, 0.05) is 61.2 Å². The Labute approximate surface area is 392 Å². The van der Waals surface area contributed by atoms with Crippen LogP contribution in [-0.2, 0) is 0 Å². The minimum absolute atomic E-state index is 0.524. The van der Waals surface area contributed by atoms with Gasteiger partial charge in [0.15, 0.2) is 17.5 Å². The van der Waals surface area contributed by atoms with Gasteiger partial charge < -0.3 is 8.98 Å². The quantitative estimate of drug-likeness (QED) is 0.152. The van der Waals surface area contributed by atoms with Gasteiger partial charge in [-0.15, -0.1) is 0 Å². The number of hydrogen-bond acceptors (Lipinski definition) is 5. The van der Waals surface area contributed by atoms with Gasteiger partial charge in [-0.25, -0.2) is 15.0 Å². The Bertz CT molecular complexity index is 3880. The smallest absolute Gasteiger partial charge is 0.166 e. The van der Waals surface area contributed by atoms with Gasteiger partial charge in [0.05, 0.1) is 16.7 Å². The van der Waals surface area contributed by atoms with Crippen molar-refractivity contribution in [3.05, 3.63) is 237 Å². The highest BCUT2D eigenvalue weighted by atomic mass is 16.3. The molecule has 0 aliphatic carbocycles. The van der Waals surface area contributed by atoms with Gasteiger partial charge in [-0.2, -0.15) is 0 Å². The SMILES string of the molecule is c1ccc(-c2cc(-c3ccccc3)cc(-c3cnc(-c4ccc5oc6cc7c8ccccc8n(-c8ccccc8)c7cc6c5c4)c(-c4nc(-c5ccccc5)nc(-c5ccccc5)n4)c3)c2)cc1. The second-order valence-electron chi connectivity index (χ2n) is 17.1. The number of pyridine rings is 1. The highest BCUT2D eigenvalue weighted by molar-refractivity contribution is 6.17. The van der Waals surface area contributed by atoms with Gasteiger partial charge in [0.1, 0.15) is 11.2 Å². The van der Waals surface area contributed by atoms with Crippen molar-refractivity contribution < 1.29 is 4.42 Å². The third-order valence-electron chi connectivity index (χ3n) is 12.9. The summed E-state index contributed by atoms with van der Waals surface area (Å²) >= 11 is 0.